The summed E-state index contributed by atoms with van der Waals surface area (Å²) in [6.07, 6.45) is -2.92. The number of carboxylic acid groups (broad SMARTS) is 1. The largest absolute Gasteiger partial charge is 0.476 e. The lowest BCUT2D eigenvalue weighted by Gasteiger charge is -2.11. The zero-order valence-electron chi connectivity index (χ0n) is 14.9. The van der Waals surface area contributed by atoms with E-state index in [2.05, 4.69) is 30.1 Å². The van der Waals surface area contributed by atoms with Crippen LogP contribution < -0.4 is 5.32 Å². The third kappa shape index (κ3) is 5.09. The quantitative estimate of drug-likeness (QED) is 0.433. The number of rotatable bonds is 7. The molecule has 0 atom stereocenters. The molecule has 0 aliphatic carbocycles. The zero-order chi connectivity index (χ0) is 21.2. The van der Waals surface area contributed by atoms with E-state index in [1.54, 1.807) is 18.3 Å². The van der Waals surface area contributed by atoms with Crippen molar-refractivity contribution in [2.45, 2.75) is 19.6 Å². The van der Waals surface area contributed by atoms with Gasteiger partial charge < -0.3 is 15.2 Å². The number of fused-ring (bicyclic) bond motifs is 1. The number of hydrogen-bond donors (Lipinski definition) is 2. The van der Waals surface area contributed by atoms with Crippen LogP contribution in [0, 0.1) is 6.92 Å². The van der Waals surface area contributed by atoms with Crippen molar-refractivity contribution < 1.29 is 27.8 Å². The maximum absolute atomic E-state index is 12.3. The molecule has 0 unspecified atom stereocenters. The molecule has 9 nitrogen and oxygen atoms in total. The number of aromatic carboxylic acids is 1. The lowest BCUT2D eigenvalue weighted by atomic mass is 10.3. The number of pyridine rings is 1. The maximum atomic E-state index is 12.3. The number of hydrogen-bond acceptors (Lipinski definition) is 7. The van der Waals surface area contributed by atoms with Gasteiger partial charge in [0.15, 0.2) is 11.5 Å². The predicted molar refractivity (Wildman–Crippen MR) is 96.4 cm³/mol. The molecular weight excluding hydrogens is 417 g/mol. The van der Waals surface area contributed by atoms with Gasteiger partial charge in [-0.2, -0.15) is 23.3 Å². The van der Waals surface area contributed by atoms with Crippen molar-refractivity contribution >= 4 is 40.2 Å². The van der Waals surface area contributed by atoms with Crippen LogP contribution in [0.1, 0.15) is 16.1 Å². The van der Waals surface area contributed by atoms with E-state index in [0.29, 0.717) is 5.82 Å². The number of anilines is 2. The summed E-state index contributed by atoms with van der Waals surface area (Å²) in [6.45, 7) is -0.111. The van der Waals surface area contributed by atoms with E-state index in [-0.39, 0.29) is 35.3 Å². The SMILES string of the molecule is Cc1ccnc(Nc2nc(Cl)nc3c(C(=O)O)nn(CCOCC(F)(F)F)c23)c1. The highest BCUT2D eigenvalue weighted by molar-refractivity contribution is 6.29. The molecule has 0 saturated carbocycles. The fraction of sp³-hybridized carbons (Fsp3) is 0.312. The predicted octanol–water partition coefficient (Wildman–Crippen LogP) is 3.20. The molecule has 3 aromatic heterocycles. The zero-order valence-corrected chi connectivity index (χ0v) is 15.6. The number of aryl methyl sites for hydroxylation is 1. The number of halogens is 4. The molecule has 0 aromatic carbocycles. The number of nitrogens with one attached hydrogen (secondary N) is 1. The van der Waals surface area contributed by atoms with E-state index in [1.807, 2.05) is 6.92 Å². The first-order valence-electron chi connectivity index (χ1n) is 8.15. The molecule has 2 N–H and O–H groups in total. The van der Waals surface area contributed by atoms with Gasteiger partial charge in [-0.05, 0) is 36.2 Å². The van der Waals surface area contributed by atoms with Gasteiger partial charge in [-0.1, -0.05) is 0 Å². The summed E-state index contributed by atoms with van der Waals surface area (Å²) >= 11 is 5.92. The van der Waals surface area contributed by atoms with Crippen LogP contribution in [0.4, 0.5) is 24.8 Å². The number of carboxylic acids is 1. The Bertz CT molecular complexity index is 1060. The molecule has 154 valence electrons. The second kappa shape index (κ2) is 8.17. The minimum atomic E-state index is -4.47. The Morgan fingerprint density at radius 3 is 2.79 bits per heavy atom. The van der Waals surface area contributed by atoms with Crippen LogP contribution >= 0.6 is 11.6 Å². The number of ether oxygens (including phenoxy) is 1. The Balaban J connectivity index is 2.00. The number of alkyl halides is 3. The minimum Gasteiger partial charge on any atom is -0.476 e. The highest BCUT2D eigenvalue weighted by Gasteiger charge is 2.28. The lowest BCUT2D eigenvalue weighted by Crippen LogP contribution is -2.19. The number of nitrogens with zero attached hydrogens (tertiary/aromatic N) is 5. The van der Waals surface area contributed by atoms with Gasteiger partial charge in [0.1, 0.15) is 23.5 Å². The fourth-order valence-corrected chi connectivity index (χ4v) is 2.68. The summed E-state index contributed by atoms with van der Waals surface area (Å²) in [5.41, 5.74) is 0.564. The van der Waals surface area contributed by atoms with Crippen molar-refractivity contribution in [3.8, 4) is 0 Å². The van der Waals surface area contributed by atoms with Crippen LogP contribution in [0.2, 0.25) is 5.28 Å². The third-order valence-electron chi connectivity index (χ3n) is 3.64. The van der Waals surface area contributed by atoms with Crippen molar-refractivity contribution in [2.24, 2.45) is 0 Å². The fourth-order valence-electron chi connectivity index (χ4n) is 2.51. The van der Waals surface area contributed by atoms with Crippen molar-refractivity contribution in [3.05, 3.63) is 34.9 Å². The molecule has 3 heterocycles. The van der Waals surface area contributed by atoms with E-state index < -0.39 is 24.4 Å². The highest BCUT2D eigenvalue weighted by atomic mass is 35.5. The first-order valence-corrected chi connectivity index (χ1v) is 8.53. The monoisotopic (exact) mass is 430 g/mol. The smallest absolute Gasteiger partial charge is 0.411 e. The Morgan fingerprint density at radius 2 is 2.14 bits per heavy atom. The standard InChI is InChI=1S/C16H14ClF3N6O3/c1-8-2-3-21-9(6-8)22-13-12-10(23-15(17)24-13)11(14(27)28)25-26(12)4-5-29-7-16(18,19)20/h2-3,6H,4-5,7H2,1H3,(H,27,28)(H,21,22,23,24). The van der Waals surface area contributed by atoms with E-state index >= 15 is 0 Å². The molecule has 0 spiro atoms. The number of carbonyl (C=O) groups is 1. The van der Waals surface area contributed by atoms with Crippen LogP contribution in [0.25, 0.3) is 11.0 Å². The molecule has 0 amide bonds. The van der Waals surface area contributed by atoms with E-state index in [1.165, 1.54) is 0 Å². The summed E-state index contributed by atoms with van der Waals surface area (Å²) < 4.78 is 42.5. The van der Waals surface area contributed by atoms with Gasteiger partial charge >= 0.3 is 12.1 Å². The molecule has 3 rings (SSSR count). The molecule has 29 heavy (non-hydrogen) atoms. The molecule has 0 bridgehead atoms. The second-order valence-electron chi connectivity index (χ2n) is 5.93. The maximum Gasteiger partial charge on any atom is 0.411 e. The Labute approximate surface area is 166 Å². The topological polar surface area (TPSA) is 115 Å². The Hall–Kier alpha value is -2.99. The van der Waals surface area contributed by atoms with Crippen molar-refractivity contribution in [1.82, 2.24) is 24.7 Å². The molecule has 0 aliphatic rings. The van der Waals surface area contributed by atoms with Gasteiger partial charge in [-0.3, -0.25) is 4.68 Å². The summed E-state index contributed by atoms with van der Waals surface area (Å²) in [4.78, 5) is 23.6. The molecular formula is C16H14ClF3N6O3. The lowest BCUT2D eigenvalue weighted by molar-refractivity contribution is -0.174. The van der Waals surface area contributed by atoms with E-state index in [4.69, 9.17) is 11.6 Å². The normalized spacial score (nSPS) is 11.8. The van der Waals surface area contributed by atoms with Gasteiger partial charge in [0, 0.05) is 6.20 Å². The third-order valence-corrected chi connectivity index (χ3v) is 3.81. The number of aromatic nitrogens is 5. The Kier molecular flexibility index (Phi) is 5.84. The van der Waals surface area contributed by atoms with Gasteiger partial charge in [-0.25, -0.2) is 14.8 Å². The van der Waals surface area contributed by atoms with Gasteiger partial charge in [0.25, 0.3) is 0 Å². The first-order chi connectivity index (χ1) is 13.6. The molecule has 13 heteroatoms. The molecule has 3 aromatic rings. The van der Waals surface area contributed by atoms with Crippen LogP contribution in [0.15, 0.2) is 18.3 Å². The van der Waals surface area contributed by atoms with Crippen molar-refractivity contribution in [3.63, 3.8) is 0 Å². The average Bonchev–Trinajstić information content (AvgIpc) is 2.97. The van der Waals surface area contributed by atoms with Crippen LogP contribution in [0.5, 0.6) is 0 Å². The minimum absolute atomic E-state index is 0.0662. The Morgan fingerprint density at radius 1 is 1.38 bits per heavy atom. The summed E-state index contributed by atoms with van der Waals surface area (Å²) in [5.74, 6) is -0.868. The van der Waals surface area contributed by atoms with Crippen LogP contribution in [0.3, 0.4) is 0 Å². The summed E-state index contributed by atoms with van der Waals surface area (Å²) in [7, 11) is 0. The molecule has 0 fully saturated rings. The highest BCUT2D eigenvalue weighted by Crippen LogP contribution is 2.27. The summed E-state index contributed by atoms with van der Waals surface area (Å²) in [6, 6.07) is 3.49. The van der Waals surface area contributed by atoms with Crippen molar-refractivity contribution in [2.75, 3.05) is 18.5 Å². The van der Waals surface area contributed by atoms with Crippen LogP contribution in [-0.4, -0.2) is 55.2 Å². The van der Waals surface area contributed by atoms with Gasteiger partial charge in [0.05, 0.1) is 13.2 Å². The van der Waals surface area contributed by atoms with Crippen molar-refractivity contribution in [1.29, 1.82) is 0 Å². The first kappa shape index (κ1) is 20.7. The molecule has 0 saturated heterocycles. The molecule has 0 radical (unpaired) electrons. The van der Waals surface area contributed by atoms with Crippen LogP contribution in [-0.2, 0) is 11.3 Å². The van der Waals surface area contributed by atoms with E-state index in [0.717, 1.165) is 10.2 Å². The molecule has 0 aliphatic heterocycles. The van der Waals surface area contributed by atoms with Gasteiger partial charge in [-0.15, -0.1) is 0 Å². The van der Waals surface area contributed by atoms with Gasteiger partial charge in [0.2, 0.25) is 5.28 Å². The average molecular weight is 431 g/mol. The van der Waals surface area contributed by atoms with E-state index in [9.17, 15) is 23.1 Å². The summed E-state index contributed by atoms with van der Waals surface area (Å²) in [5, 5.41) is 16.0. The second-order valence-corrected chi connectivity index (χ2v) is 6.26.